The monoisotopic (exact) mass is 319 g/mol. The molecule has 2 rings (SSSR count). The quantitative estimate of drug-likeness (QED) is 0.889. The number of ether oxygens (including phenoxy) is 3. The maximum absolute atomic E-state index is 13.2. The minimum absolute atomic E-state index is 0.202. The van der Waals surface area contributed by atoms with Crippen LogP contribution >= 0.6 is 0 Å². The van der Waals surface area contributed by atoms with Gasteiger partial charge in [-0.3, -0.25) is 4.79 Å². The molecule has 2 aromatic rings. The molecule has 5 nitrogen and oxygen atoms in total. The van der Waals surface area contributed by atoms with E-state index >= 15 is 0 Å². The molecule has 0 fully saturated rings. The van der Waals surface area contributed by atoms with Crippen molar-refractivity contribution >= 4 is 5.91 Å². The molecule has 0 aromatic heterocycles. The van der Waals surface area contributed by atoms with Gasteiger partial charge in [0.05, 0.1) is 26.9 Å². The Hall–Kier alpha value is -2.76. The number of hydrogen-bond acceptors (Lipinski definition) is 4. The van der Waals surface area contributed by atoms with Crippen LogP contribution in [-0.2, 0) is 6.54 Å². The summed E-state index contributed by atoms with van der Waals surface area (Å²) in [6.07, 6.45) is 0. The van der Waals surface area contributed by atoms with Crippen LogP contribution in [0.4, 0.5) is 4.39 Å². The van der Waals surface area contributed by atoms with Crippen molar-refractivity contribution in [2.75, 3.05) is 21.3 Å². The summed E-state index contributed by atoms with van der Waals surface area (Å²) in [4.78, 5) is 12.4. The minimum Gasteiger partial charge on any atom is -0.496 e. The van der Waals surface area contributed by atoms with E-state index in [2.05, 4.69) is 5.32 Å². The summed E-state index contributed by atoms with van der Waals surface area (Å²) in [5.74, 6) is 0.544. The predicted octanol–water partition coefficient (Wildman–Crippen LogP) is 2.78. The van der Waals surface area contributed by atoms with Gasteiger partial charge in [-0.2, -0.15) is 0 Å². The van der Waals surface area contributed by atoms with Gasteiger partial charge in [0, 0.05) is 18.7 Å². The highest BCUT2D eigenvalue weighted by Gasteiger charge is 2.17. The molecule has 1 N–H and O–H groups in total. The van der Waals surface area contributed by atoms with Gasteiger partial charge in [-0.15, -0.1) is 0 Å². The molecule has 0 heterocycles. The number of carbonyl (C=O) groups is 1. The summed E-state index contributed by atoms with van der Waals surface area (Å²) in [5, 5.41) is 2.72. The lowest BCUT2D eigenvalue weighted by Crippen LogP contribution is -2.23. The summed E-state index contributed by atoms with van der Waals surface area (Å²) in [6, 6.07) is 9.16. The molecule has 0 saturated carbocycles. The second-order valence-corrected chi connectivity index (χ2v) is 4.72. The lowest BCUT2D eigenvalue weighted by atomic mass is 10.1. The zero-order chi connectivity index (χ0) is 16.8. The molecule has 0 bridgehead atoms. The fourth-order valence-electron chi connectivity index (χ4n) is 2.13. The number of amides is 1. The van der Waals surface area contributed by atoms with Crippen LogP contribution in [0.1, 0.15) is 15.9 Å². The Bertz CT molecular complexity index is 703. The molecule has 0 radical (unpaired) electrons. The zero-order valence-electron chi connectivity index (χ0n) is 13.2. The van der Waals surface area contributed by atoms with Crippen LogP contribution in [0.2, 0.25) is 0 Å². The topological polar surface area (TPSA) is 56.8 Å². The lowest BCUT2D eigenvalue weighted by molar-refractivity contribution is 0.0947. The Morgan fingerprint density at radius 3 is 2.26 bits per heavy atom. The lowest BCUT2D eigenvalue weighted by Gasteiger charge is -2.14. The molecule has 122 valence electrons. The Labute approximate surface area is 134 Å². The number of halogens is 1. The van der Waals surface area contributed by atoms with Gasteiger partial charge in [0.15, 0.2) is 11.5 Å². The molecule has 2 aromatic carbocycles. The molecule has 0 saturated heterocycles. The van der Waals surface area contributed by atoms with Gasteiger partial charge in [-0.1, -0.05) is 12.1 Å². The van der Waals surface area contributed by atoms with Crippen LogP contribution < -0.4 is 19.5 Å². The van der Waals surface area contributed by atoms with Crippen LogP contribution in [-0.4, -0.2) is 27.2 Å². The van der Waals surface area contributed by atoms with E-state index in [-0.39, 0.29) is 18.3 Å². The zero-order valence-corrected chi connectivity index (χ0v) is 13.2. The molecule has 0 aliphatic heterocycles. The molecule has 23 heavy (non-hydrogen) atoms. The van der Waals surface area contributed by atoms with E-state index in [1.807, 2.05) is 0 Å². The van der Waals surface area contributed by atoms with E-state index in [1.165, 1.54) is 33.5 Å². The Balaban J connectivity index is 2.21. The van der Waals surface area contributed by atoms with Crippen LogP contribution in [0.3, 0.4) is 0 Å². The van der Waals surface area contributed by atoms with Crippen molar-refractivity contribution in [3.8, 4) is 17.2 Å². The maximum atomic E-state index is 13.2. The van der Waals surface area contributed by atoms with Crippen LogP contribution in [0.25, 0.3) is 0 Å². The van der Waals surface area contributed by atoms with E-state index < -0.39 is 0 Å². The molecule has 0 unspecified atom stereocenters. The second-order valence-electron chi connectivity index (χ2n) is 4.72. The summed E-state index contributed by atoms with van der Waals surface area (Å²) >= 11 is 0. The van der Waals surface area contributed by atoms with Crippen molar-refractivity contribution in [2.45, 2.75) is 6.54 Å². The Kier molecular flexibility index (Phi) is 5.41. The third-order valence-corrected chi connectivity index (χ3v) is 3.29. The van der Waals surface area contributed by atoms with Crippen molar-refractivity contribution in [2.24, 2.45) is 0 Å². The van der Waals surface area contributed by atoms with E-state index in [4.69, 9.17) is 14.2 Å². The minimum atomic E-state index is -0.355. The van der Waals surface area contributed by atoms with Gasteiger partial charge in [0.25, 0.3) is 5.91 Å². The average Bonchev–Trinajstić information content (AvgIpc) is 2.58. The number of hydrogen-bond donors (Lipinski definition) is 1. The molecule has 0 aliphatic rings. The van der Waals surface area contributed by atoms with E-state index in [9.17, 15) is 9.18 Å². The summed E-state index contributed by atoms with van der Waals surface area (Å²) in [5.41, 5.74) is 0.972. The number of carbonyl (C=O) groups excluding carboxylic acids is 1. The van der Waals surface area contributed by atoms with E-state index in [1.54, 1.807) is 24.3 Å². The van der Waals surface area contributed by atoms with Crippen molar-refractivity contribution in [1.82, 2.24) is 5.32 Å². The first-order valence-corrected chi connectivity index (χ1v) is 6.91. The van der Waals surface area contributed by atoms with Crippen molar-refractivity contribution in [3.05, 3.63) is 53.3 Å². The average molecular weight is 319 g/mol. The normalized spacial score (nSPS) is 10.1. The first-order valence-electron chi connectivity index (χ1n) is 6.91. The predicted molar refractivity (Wildman–Crippen MR) is 83.7 cm³/mol. The van der Waals surface area contributed by atoms with Gasteiger partial charge in [-0.05, 0) is 17.7 Å². The standard InChI is InChI=1S/C17H18FNO4/c1-21-14-9-16(23-3)15(22-2)8-13(14)17(20)19-10-11-5-4-6-12(18)7-11/h4-9H,10H2,1-3H3,(H,19,20). The smallest absolute Gasteiger partial charge is 0.255 e. The molecule has 1 amide bonds. The van der Waals surface area contributed by atoms with Gasteiger partial charge in [0.1, 0.15) is 11.6 Å². The van der Waals surface area contributed by atoms with Crippen molar-refractivity contribution in [1.29, 1.82) is 0 Å². The number of rotatable bonds is 6. The van der Waals surface area contributed by atoms with Crippen LogP contribution in [0, 0.1) is 5.82 Å². The highest BCUT2D eigenvalue weighted by Crippen LogP contribution is 2.34. The molecule has 0 aliphatic carbocycles. The fraction of sp³-hybridized carbons (Fsp3) is 0.235. The molecule has 0 spiro atoms. The van der Waals surface area contributed by atoms with E-state index in [0.29, 0.717) is 28.4 Å². The second kappa shape index (κ2) is 7.49. The Morgan fingerprint density at radius 1 is 1.00 bits per heavy atom. The molecular weight excluding hydrogens is 301 g/mol. The largest absolute Gasteiger partial charge is 0.496 e. The summed E-state index contributed by atoms with van der Waals surface area (Å²) < 4.78 is 28.7. The summed E-state index contributed by atoms with van der Waals surface area (Å²) in [6.45, 7) is 0.202. The van der Waals surface area contributed by atoms with Crippen LogP contribution in [0.15, 0.2) is 36.4 Å². The van der Waals surface area contributed by atoms with Crippen molar-refractivity contribution < 1.29 is 23.4 Å². The Morgan fingerprint density at radius 2 is 1.65 bits per heavy atom. The van der Waals surface area contributed by atoms with Gasteiger partial charge in [-0.25, -0.2) is 4.39 Å². The maximum Gasteiger partial charge on any atom is 0.255 e. The third-order valence-electron chi connectivity index (χ3n) is 3.29. The van der Waals surface area contributed by atoms with E-state index in [0.717, 1.165) is 0 Å². The first kappa shape index (κ1) is 16.6. The van der Waals surface area contributed by atoms with Gasteiger partial charge >= 0.3 is 0 Å². The van der Waals surface area contributed by atoms with Gasteiger partial charge in [0.2, 0.25) is 0 Å². The highest BCUT2D eigenvalue weighted by atomic mass is 19.1. The van der Waals surface area contributed by atoms with Gasteiger partial charge < -0.3 is 19.5 Å². The molecular formula is C17H18FNO4. The van der Waals surface area contributed by atoms with Crippen molar-refractivity contribution in [3.63, 3.8) is 0 Å². The SMILES string of the molecule is COc1cc(OC)c(C(=O)NCc2cccc(F)c2)cc1OC. The third kappa shape index (κ3) is 3.91. The van der Waals surface area contributed by atoms with Crippen LogP contribution in [0.5, 0.6) is 17.2 Å². The first-order chi connectivity index (χ1) is 11.1. The highest BCUT2D eigenvalue weighted by molar-refractivity contribution is 5.97. The molecule has 0 atom stereocenters. The number of nitrogens with one attached hydrogen (secondary N) is 1. The fourth-order valence-corrected chi connectivity index (χ4v) is 2.13. The molecule has 6 heteroatoms. The number of methoxy groups -OCH3 is 3. The number of benzene rings is 2. The summed E-state index contributed by atoms with van der Waals surface area (Å²) in [7, 11) is 4.45.